The first-order chi connectivity index (χ1) is 12.2. The zero-order valence-corrected chi connectivity index (χ0v) is 14.4. The third kappa shape index (κ3) is 4.96. The van der Waals surface area contributed by atoms with E-state index in [2.05, 4.69) is 32.1 Å². The van der Waals surface area contributed by atoms with Gasteiger partial charge in [0.2, 0.25) is 17.8 Å². The lowest BCUT2D eigenvalue weighted by Gasteiger charge is -2.27. The second kappa shape index (κ2) is 8.53. The number of hydrogen-bond donors (Lipinski definition) is 1. The molecule has 132 valence electrons. The van der Waals surface area contributed by atoms with E-state index in [1.807, 2.05) is 30.3 Å². The fourth-order valence-corrected chi connectivity index (χ4v) is 2.65. The van der Waals surface area contributed by atoms with Gasteiger partial charge in [-0.2, -0.15) is 15.0 Å². The first-order valence-corrected chi connectivity index (χ1v) is 8.66. The Bertz CT molecular complexity index is 702. The lowest BCUT2D eigenvalue weighted by atomic mass is 10.1. The molecule has 0 bridgehead atoms. The average Bonchev–Trinajstić information content (AvgIpc) is 2.63. The zero-order chi connectivity index (χ0) is 17.5. The topological polar surface area (TPSA) is 80.2 Å². The van der Waals surface area contributed by atoms with Crippen molar-refractivity contribution in [2.24, 2.45) is 0 Å². The van der Waals surface area contributed by atoms with E-state index in [9.17, 15) is 4.79 Å². The highest BCUT2D eigenvalue weighted by Crippen LogP contribution is 2.14. The summed E-state index contributed by atoms with van der Waals surface area (Å²) in [6.07, 6.45) is 1.98. The number of carbonyl (C=O) groups is 1. The van der Waals surface area contributed by atoms with Gasteiger partial charge < -0.3 is 9.64 Å². The van der Waals surface area contributed by atoms with Crippen molar-refractivity contribution in [3.63, 3.8) is 0 Å². The van der Waals surface area contributed by atoms with Crippen molar-refractivity contribution in [1.29, 1.82) is 0 Å². The molecule has 3 rings (SSSR count). The quantitative estimate of drug-likeness (QED) is 0.863. The van der Waals surface area contributed by atoms with Crippen molar-refractivity contribution in [1.82, 2.24) is 15.0 Å². The molecular weight excluding hydrogens is 318 g/mol. The first kappa shape index (κ1) is 17.3. The molecule has 7 heteroatoms. The number of nitrogens with one attached hydrogen (secondary N) is 1. The van der Waals surface area contributed by atoms with E-state index >= 15 is 0 Å². The van der Waals surface area contributed by atoms with Crippen LogP contribution in [0.5, 0.6) is 0 Å². The summed E-state index contributed by atoms with van der Waals surface area (Å²) >= 11 is 0. The molecule has 0 unspecified atom stereocenters. The predicted octanol–water partition coefficient (Wildman–Crippen LogP) is 1.84. The molecule has 0 saturated carbocycles. The number of aryl methyl sites for hydroxylation is 1. The maximum Gasteiger partial charge on any atom is 0.234 e. The molecular formula is C18H23N5O2. The van der Waals surface area contributed by atoms with Gasteiger partial charge in [0, 0.05) is 19.5 Å². The number of amides is 1. The second-order valence-electron chi connectivity index (χ2n) is 5.94. The van der Waals surface area contributed by atoms with Gasteiger partial charge in [-0.3, -0.25) is 10.1 Å². The Hall–Kier alpha value is -2.54. The smallest absolute Gasteiger partial charge is 0.234 e. The molecule has 2 heterocycles. The maximum absolute atomic E-state index is 12.3. The van der Waals surface area contributed by atoms with E-state index in [0.29, 0.717) is 37.4 Å². The Morgan fingerprint density at radius 2 is 1.92 bits per heavy atom. The van der Waals surface area contributed by atoms with Crippen LogP contribution in [0.1, 0.15) is 24.7 Å². The molecule has 2 aromatic rings. The minimum atomic E-state index is -0.132. The molecule has 1 aliphatic heterocycles. The lowest BCUT2D eigenvalue weighted by Crippen LogP contribution is -2.37. The minimum Gasteiger partial charge on any atom is -0.378 e. The number of carbonyl (C=O) groups excluding carboxylic acids is 1. The number of nitrogens with zero attached hydrogens (tertiary/aromatic N) is 4. The monoisotopic (exact) mass is 341 g/mol. The Labute approximate surface area is 147 Å². The number of benzene rings is 1. The van der Waals surface area contributed by atoms with Crippen LogP contribution in [0.2, 0.25) is 0 Å². The summed E-state index contributed by atoms with van der Waals surface area (Å²) in [5, 5.41) is 2.81. The number of morpholine rings is 1. The van der Waals surface area contributed by atoms with Gasteiger partial charge in [0.25, 0.3) is 0 Å². The normalized spacial score (nSPS) is 14.4. The molecule has 25 heavy (non-hydrogen) atoms. The minimum absolute atomic E-state index is 0.132. The number of ether oxygens (including phenoxy) is 1. The largest absolute Gasteiger partial charge is 0.378 e. The predicted molar refractivity (Wildman–Crippen MR) is 95.6 cm³/mol. The fourth-order valence-electron chi connectivity index (χ4n) is 2.65. The Morgan fingerprint density at radius 1 is 1.16 bits per heavy atom. The van der Waals surface area contributed by atoms with Crippen molar-refractivity contribution < 1.29 is 9.53 Å². The SMILES string of the molecule is CCCc1nc(NC(=O)Cc2ccccc2)nc(N2CCOCC2)n1. The molecule has 0 spiro atoms. The van der Waals surface area contributed by atoms with Crippen LogP contribution in [0, 0.1) is 0 Å². The third-order valence-corrected chi connectivity index (χ3v) is 3.90. The van der Waals surface area contributed by atoms with E-state index in [-0.39, 0.29) is 5.91 Å². The molecule has 0 aliphatic carbocycles. The molecule has 1 fully saturated rings. The standard InChI is InChI=1S/C18H23N5O2/c1-2-6-15-19-17(21-16(24)13-14-7-4-3-5-8-14)22-18(20-15)23-9-11-25-12-10-23/h3-5,7-8H,2,6,9-13H2,1H3,(H,19,20,21,22,24). The summed E-state index contributed by atoms with van der Waals surface area (Å²) in [7, 11) is 0. The lowest BCUT2D eigenvalue weighted by molar-refractivity contribution is -0.115. The van der Waals surface area contributed by atoms with Crippen LogP contribution in [0.15, 0.2) is 30.3 Å². The molecule has 1 saturated heterocycles. The highest BCUT2D eigenvalue weighted by atomic mass is 16.5. The van der Waals surface area contributed by atoms with Crippen LogP contribution < -0.4 is 10.2 Å². The van der Waals surface area contributed by atoms with Crippen molar-refractivity contribution >= 4 is 17.8 Å². The number of hydrogen-bond acceptors (Lipinski definition) is 6. The van der Waals surface area contributed by atoms with Crippen LogP contribution in [-0.4, -0.2) is 47.2 Å². The van der Waals surface area contributed by atoms with Crippen LogP contribution in [-0.2, 0) is 22.4 Å². The summed E-state index contributed by atoms with van der Waals surface area (Å²) in [4.78, 5) is 27.7. The summed E-state index contributed by atoms with van der Waals surface area (Å²) < 4.78 is 5.38. The van der Waals surface area contributed by atoms with Crippen molar-refractivity contribution in [2.75, 3.05) is 36.5 Å². The molecule has 1 amide bonds. The van der Waals surface area contributed by atoms with Gasteiger partial charge in [0.05, 0.1) is 19.6 Å². The highest BCUT2D eigenvalue weighted by molar-refractivity contribution is 5.90. The van der Waals surface area contributed by atoms with E-state index in [4.69, 9.17) is 4.74 Å². The van der Waals surface area contributed by atoms with Crippen LogP contribution in [0.3, 0.4) is 0 Å². The van der Waals surface area contributed by atoms with E-state index in [1.54, 1.807) is 0 Å². The molecule has 7 nitrogen and oxygen atoms in total. The van der Waals surface area contributed by atoms with Gasteiger partial charge in [-0.05, 0) is 12.0 Å². The highest BCUT2D eigenvalue weighted by Gasteiger charge is 2.17. The van der Waals surface area contributed by atoms with Gasteiger partial charge in [-0.15, -0.1) is 0 Å². The average molecular weight is 341 g/mol. The molecule has 0 atom stereocenters. The number of aromatic nitrogens is 3. The summed E-state index contributed by atoms with van der Waals surface area (Å²) in [6.45, 7) is 4.88. The van der Waals surface area contributed by atoms with E-state index in [1.165, 1.54) is 0 Å². The molecule has 1 aliphatic rings. The van der Waals surface area contributed by atoms with Crippen molar-refractivity contribution in [3.05, 3.63) is 41.7 Å². The van der Waals surface area contributed by atoms with Gasteiger partial charge in [-0.25, -0.2) is 0 Å². The van der Waals surface area contributed by atoms with Gasteiger partial charge in [-0.1, -0.05) is 37.3 Å². The van der Waals surface area contributed by atoms with Gasteiger partial charge in [0.15, 0.2) is 0 Å². The van der Waals surface area contributed by atoms with E-state index < -0.39 is 0 Å². The number of rotatable bonds is 6. The van der Waals surface area contributed by atoms with Crippen molar-refractivity contribution in [2.45, 2.75) is 26.2 Å². The second-order valence-corrected chi connectivity index (χ2v) is 5.94. The zero-order valence-electron chi connectivity index (χ0n) is 14.4. The summed E-state index contributed by atoms with van der Waals surface area (Å²) in [5.41, 5.74) is 0.955. The third-order valence-electron chi connectivity index (χ3n) is 3.90. The summed E-state index contributed by atoms with van der Waals surface area (Å²) in [5.74, 6) is 1.50. The van der Waals surface area contributed by atoms with Crippen molar-refractivity contribution in [3.8, 4) is 0 Å². The Morgan fingerprint density at radius 3 is 2.64 bits per heavy atom. The maximum atomic E-state index is 12.3. The number of anilines is 2. The van der Waals surface area contributed by atoms with Gasteiger partial charge in [0.1, 0.15) is 5.82 Å². The Balaban J connectivity index is 1.74. The van der Waals surface area contributed by atoms with Crippen LogP contribution >= 0.6 is 0 Å². The van der Waals surface area contributed by atoms with Crippen LogP contribution in [0.4, 0.5) is 11.9 Å². The summed E-state index contributed by atoms with van der Waals surface area (Å²) in [6, 6.07) is 9.62. The van der Waals surface area contributed by atoms with E-state index in [0.717, 1.165) is 31.5 Å². The molecule has 1 aromatic heterocycles. The molecule has 1 N–H and O–H groups in total. The van der Waals surface area contributed by atoms with Crippen LogP contribution in [0.25, 0.3) is 0 Å². The fraction of sp³-hybridized carbons (Fsp3) is 0.444. The first-order valence-electron chi connectivity index (χ1n) is 8.66. The Kier molecular flexibility index (Phi) is 5.90. The molecule has 1 aromatic carbocycles. The van der Waals surface area contributed by atoms with Gasteiger partial charge >= 0.3 is 0 Å². The molecule has 0 radical (unpaired) electrons.